The molecule has 5 nitrogen and oxygen atoms in total. The molecule has 0 bridgehead atoms. The van der Waals surface area contributed by atoms with Gasteiger partial charge in [-0.05, 0) is 23.8 Å². The number of carbonyl (C=O) groups is 2. The number of hydrogen-bond acceptors (Lipinski definition) is 4. The minimum atomic E-state index is -0.516. The average molecular weight is 298 g/mol. The van der Waals surface area contributed by atoms with Crippen molar-refractivity contribution < 1.29 is 14.7 Å². The first-order valence-electron chi connectivity index (χ1n) is 6.77. The smallest absolute Gasteiger partial charge is 0.261 e. The zero-order valence-corrected chi connectivity index (χ0v) is 12.7. The molecule has 1 rings (SSSR count). The van der Waals surface area contributed by atoms with Gasteiger partial charge in [0.1, 0.15) is 0 Å². The molecule has 1 aromatic heterocycles. The highest BCUT2D eigenvalue weighted by atomic mass is 32.1. The second kappa shape index (κ2) is 8.71. The third kappa shape index (κ3) is 6.16. The SMILES string of the molecule is CC(C)C(O)CNC(=O)CCCNC(=O)c1cccs1. The molecule has 1 unspecified atom stereocenters. The van der Waals surface area contributed by atoms with Crippen molar-refractivity contribution in [2.75, 3.05) is 13.1 Å². The molecule has 20 heavy (non-hydrogen) atoms. The Kier molecular flexibility index (Phi) is 7.25. The Balaban J connectivity index is 2.09. The molecule has 1 heterocycles. The van der Waals surface area contributed by atoms with E-state index in [0.29, 0.717) is 24.3 Å². The second-order valence-electron chi connectivity index (χ2n) is 4.95. The molecule has 6 heteroatoms. The Morgan fingerprint density at radius 3 is 2.70 bits per heavy atom. The lowest BCUT2D eigenvalue weighted by atomic mass is 10.1. The van der Waals surface area contributed by atoms with Crippen molar-refractivity contribution in [3.05, 3.63) is 22.4 Å². The van der Waals surface area contributed by atoms with Crippen LogP contribution < -0.4 is 10.6 Å². The van der Waals surface area contributed by atoms with Crippen LogP contribution in [0.15, 0.2) is 17.5 Å². The minimum Gasteiger partial charge on any atom is -0.391 e. The lowest BCUT2D eigenvalue weighted by Gasteiger charge is -2.14. The number of hydrogen-bond donors (Lipinski definition) is 3. The van der Waals surface area contributed by atoms with Gasteiger partial charge in [0.25, 0.3) is 5.91 Å². The normalized spacial score (nSPS) is 12.2. The monoisotopic (exact) mass is 298 g/mol. The summed E-state index contributed by atoms with van der Waals surface area (Å²) < 4.78 is 0. The summed E-state index contributed by atoms with van der Waals surface area (Å²) in [5.74, 6) is -0.0777. The molecule has 0 aliphatic carbocycles. The van der Waals surface area contributed by atoms with Crippen molar-refractivity contribution in [3.8, 4) is 0 Å². The van der Waals surface area contributed by atoms with Crippen molar-refractivity contribution in [3.63, 3.8) is 0 Å². The lowest BCUT2D eigenvalue weighted by molar-refractivity contribution is -0.121. The molecule has 0 radical (unpaired) electrons. The Morgan fingerprint density at radius 1 is 1.35 bits per heavy atom. The molecule has 0 saturated carbocycles. The minimum absolute atomic E-state index is 0.101. The molecular formula is C14H22N2O3S. The first-order valence-corrected chi connectivity index (χ1v) is 7.65. The van der Waals surface area contributed by atoms with Gasteiger partial charge in [0.2, 0.25) is 5.91 Å². The first kappa shape index (κ1) is 16.7. The van der Waals surface area contributed by atoms with Crippen LogP contribution in [0.2, 0.25) is 0 Å². The van der Waals surface area contributed by atoms with Crippen molar-refractivity contribution >= 4 is 23.2 Å². The van der Waals surface area contributed by atoms with Crippen LogP contribution in [0.1, 0.15) is 36.4 Å². The zero-order chi connectivity index (χ0) is 15.0. The topological polar surface area (TPSA) is 78.4 Å². The van der Waals surface area contributed by atoms with Crippen LogP contribution in [-0.2, 0) is 4.79 Å². The van der Waals surface area contributed by atoms with Crippen LogP contribution >= 0.6 is 11.3 Å². The number of rotatable bonds is 8. The maximum absolute atomic E-state index is 11.6. The Morgan fingerprint density at radius 2 is 2.10 bits per heavy atom. The van der Waals surface area contributed by atoms with Gasteiger partial charge in [0.05, 0.1) is 11.0 Å². The predicted molar refractivity (Wildman–Crippen MR) is 79.7 cm³/mol. The number of aliphatic hydroxyl groups excluding tert-OH is 1. The van der Waals surface area contributed by atoms with Gasteiger partial charge >= 0.3 is 0 Å². The van der Waals surface area contributed by atoms with E-state index in [1.165, 1.54) is 11.3 Å². The molecule has 0 saturated heterocycles. The summed E-state index contributed by atoms with van der Waals surface area (Å²) in [5, 5.41) is 16.8. The van der Waals surface area contributed by atoms with E-state index in [0.717, 1.165) is 0 Å². The molecule has 112 valence electrons. The molecule has 1 atom stereocenters. The predicted octanol–water partition coefficient (Wildman–Crippen LogP) is 1.39. The highest BCUT2D eigenvalue weighted by molar-refractivity contribution is 7.12. The van der Waals surface area contributed by atoms with E-state index < -0.39 is 6.10 Å². The fourth-order valence-corrected chi connectivity index (χ4v) is 2.13. The van der Waals surface area contributed by atoms with Gasteiger partial charge < -0.3 is 15.7 Å². The van der Waals surface area contributed by atoms with Crippen LogP contribution in [0, 0.1) is 5.92 Å². The molecule has 1 aromatic rings. The van der Waals surface area contributed by atoms with E-state index in [1.807, 2.05) is 25.3 Å². The van der Waals surface area contributed by atoms with Crippen molar-refractivity contribution in [1.82, 2.24) is 10.6 Å². The van der Waals surface area contributed by atoms with Gasteiger partial charge in [-0.1, -0.05) is 19.9 Å². The zero-order valence-electron chi connectivity index (χ0n) is 11.9. The first-order chi connectivity index (χ1) is 9.50. The van der Waals surface area contributed by atoms with Crippen LogP contribution in [0.25, 0.3) is 0 Å². The van der Waals surface area contributed by atoms with E-state index in [9.17, 15) is 14.7 Å². The van der Waals surface area contributed by atoms with Gasteiger partial charge in [-0.3, -0.25) is 9.59 Å². The maximum Gasteiger partial charge on any atom is 0.261 e. The molecule has 3 N–H and O–H groups in total. The van der Waals surface area contributed by atoms with Crippen LogP contribution in [0.4, 0.5) is 0 Å². The summed E-state index contributed by atoms with van der Waals surface area (Å²) in [7, 11) is 0. The number of carbonyl (C=O) groups excluding carboxylic acids is 2. The number of aliphatic hydroxyl groups is 1. The quantitative estimate of drug-likeness (QED) is 0.635. The maximum atomic E-state index is 11.6. The molecule has 2 amide bonds. The molecule has 0 aliphatic rings. The number of amides is 2. The third-order valence-corrected chi connectivity index (χ3v) is 3.76. The fourth-order valence-electron chi connectivity index (χ4n) is 1.49. The van der Waals surface area contributed by atoms with Gasteiger partial charge in [-0.15, -0.1) is 11.3 Å². The van der Waals surface area contributed by atoms with Crippen LogP contribution in [0.3, 0.4) is 0 Å². The third-order valence-electron chi connectivity index (χ3n) is 2.89. The number of thiophene rings is 1. The largest absolute Gasteiger partial charge is 0.391 e. The van der Waals surface area contributed by atoms with Gasteiger partial charge in [-0.25, -0.2) is 0 Å². The molecular weight excluding hydrogens is 276 g/mol. The Hall–Kier alpha value is -1.40. The van der Waals surface area contributed by atoms with Crippen molar-refractivity contribution in [1.29, 1.82) is 0 Å². The summed E-state index contributed by atoms with van der Waals surface area (Å²) in [6.07, 6.45) is 0.411. The molecule has 0 aliphatic heterocycles. The van der Waals surface area contributed by atoms with E-state index in [2.05, 4.69) is 10.6 Å². The van der Waals surface area contributed by atoms with Crippen LogP contribution in [-0.4, -0.2) is 36.1 Å². The van der Waals surface area contributed by atoms with E-state index in [4.69, 9.17) is 0 Å². The molecule has 0 spiro atoms. The summed E-state index contributed by atoms with van der Waals surface area (Å²) in [6, 6.07) is 3.59. The molecule has 0 fully saturated rings. The molecule has 0 aromatic carbocycles. The van der Waals surface area contributed by atoms with E-state index >= 15 is 0 Å². The van der Waals surface area contributed by atoms with Gasteiger partial charge in [-0.2, -0.15) is 0 Å². The summed E-state index contributed by atoms with van der Waals surface area (Å²) in [5.41, 5.74) is 0. The Bertz CT molecular complexity index is 418. The van der Waals surface area contributed by atoms with E-state index in [-0.39, 0.29) is 24.3 Å². The standard InChI is InChI=1S/C14H22N2O3S/c1-10(2)11(17)9-16-13(18)6-3-7-15-14(19)12-5-4-8-20-12/h4-5,8,10-11,17H,3,6-7,9H2,1-2H3,(H,15,19)(H,16,18). The average Bonchev–Trinajstić information content (AvgIpc) is 2.94. The second-order valence-corrected chi connectivity index (χ2v) is 5.90. The van der Waals surface area contributed by atoms with Crippen LogP contribution in [0.5, 0.6) is 0 Å². The van der Waals surface area contributed by atoms with Gasteiger partial charge in [0, 0.05) is 19.5 Å². The van der Waals surface area contributed by atoms with Crippen molar-refractivity contribution in [2.45, 2.75) is 32.8 Å². The summed E-state index contributed by atoms with van der Waals surface area (Å²) in [4.78, 5) is 23.8. The highest BCUT2D eigenvalue weighted by Gasteiger charge is 2.10. The fraction of sp³-hybridized carbons (Fsp3) is 0.571. The highest BCUT2D eigenvalue weighted by Crippen LogP contribution is 2.07. The Labute approximate surface area is 123 Å². The summed E-state index contributed by atoms with van der Waals surface area (Å²) >= 11 is 1.39. The van der Waals surface area contributed by atoms with Gasteiger partial charge in [0.15, 0.2) is 0 Å². The van der Waals surface area contributed by atoms with E-state index in [1.54, 1.807) is 6.07 Å². The van der Waals surface area contributed by atoms with Crippen molar-refractivity contribution in [2.24, 2.45) is 5.92 Å². The number of nitrogens with one attached hydrogen (secondary N) is 2. The summed E-state index contributed by atoms with van der Waals surface area (Å²) in [6.45, 7) is 4.54. The lowest BCUT2D eigenvalue weighted by Crippen LogP contribution is -2.35.